The highest BCUT2D eigenvalue weighted by molar-refractivity contribution is 14.0. The minimum Gasteiger partial charge on any atom is -0.434 e. The smallest absolute Gasteiger partial charge is 0.387 e. The Hall–Kier alpha value is -1.20. The molecule has 0 radical (unpaired) electrons. The second-order valence-electron chi connectivity index (χ2n) is 6.79. The van der Waals surface area contributed by atoms with Crippen LogP contribution in [0.15, 0.2) is 23.2 Å². The van der Waals surface area contributed by atoms with Gasteiger partial charge >= 0.3 is 6.61 Å². The van der Waals surface area contributed by atoms with Gasteiger partial charge in [-0.15, -0.1) is 24.0 Å². The first-order valence-corrected chi connectivity index (χ1v) is 9.00. The van der Waals surface area contributed by atoms with Crippen molar-refractivity contribution in [2.45, 2.75) is 26.1 Å². The normalized spacial score (nSPS) is 24.5. The van der Waals surface area contributed by atoms with E-state index >= 15 is 0 Å². The molecule has 3 fully saturated rings. The molecule has 152 valence electrons. The number of fused-ring (bicyclic) bond motifs is 3. The van der Waals surface area contributed by atoms with Crippen LogP contribution in [-0.2, 0) is 6.54 Å². The van der Waals surface area contributed by atoms with E-state index < -0.39 is 6.61 Å². The van der Waals surface area contributed by atoms with Crippen LogP contribution < -0.4 is 15.4 Å². The molecule has 0 aromatic heterocycles. The third-order valence-electron chi connectivity index (χ3n) is 5.00. The maximum atomic E-state index is 12.6. The first-order valence-electron chi connectivity index (χ1n) is 9.00. The van der Waals surface area contributed by atoms with Gasteiger partial charge in [0.15, 0.2) is 5.96 Å². The molecule has 3 saturated heterocycles. The molecule has 1 aromatic carbocycles. The van der Waals surface area contributed by atoms with Crippen molar-refractivity contribution in [2.24, 2.45) is 4.99 Å². The van der Waals surface area contributed by atoms with Gasteiger partial charge < -0.3 is 15.4 Å². The number of guanidine groups is 1. The molecule has 3 aliphatic rings. The molecule has 9 heteroatoms. The minimum absolute atomic E-state index is 0. The Morgan fingerprint density at radius 2 is 2.00 bits per heavy atom. The summed E-state index contributed by atoms with van der Waals surface area (Å²) in [6, 6.07) is 5.66. The number of aryl methyl sites for hydroxylation is 1. The number of hydrogen-bond donors (Lipinski definition) is 2. The standard InChI is InChI=1S/C18H27F2N5O.HI/c1-13-3-4-16(26-17(19)20)14(9-13)10-22-18(21-2)23-11-15-12-24-5-7-25(15)8-6-24;/h3-4,9,15,17H,5-8,10-12H2,1-2H3,(H2,21,22,23);1H. The van der Waals surface area contributed by atoms with Crippen molar-refractivity contribution < 1.29 is 13.5 Å². The van der Waals surface area contributed by atoms with Crippen LogP contribution in [-0.4, -0.2) is 74.7 Å². The van der Waals surface area contributed by atoms with E-state index in [0.29, 0.717) is 24.1 Å². The zero-order valence-corrected chi connectivity index (χ0v) is 18.1. The van der Waals surface area contributed by atoms with Crippen molar-refractivity contribution in [3.63, 3.8) is 0 Å². The Bertz CT molecular complexity index is 638. The molecule has 3 aliphatic heterocycles. The van der Waals surface area contributed by atoms with Crippen molar-refractivity contribution >= 4 is 29.9 Å². The summed E-state index contributed by atoms with van der Waals surface area (Å²) in [5.41, 5.74) is 1.67. The van der Waals surface area contributed by atoms with E-state index in [1.165, 1.54) is 0 Å². The SMILES string of the molecule is CN=C(NCc1cc(C)ccc1OC(F)F)NCC1CN2CCN1CC2.I. The molecule has 2 bridgehead atoms. The van der Waals surface area contributed by atoms with Gasteiger partial charge in [0, 0.05) is 64.5 Å². The van der Waals surface area contributed by atoms with Crippen LogP contribution in [0.2, 0.25) is 0 Å². The Morgan fingerprint density at radius 1 is 1.26 bits per heavy atom. The van der Waals surface area contributed by atoms with Crippen molar-refractivity contribution in [1.29, 1.82) is 0 Å². The third-order valence-corrected chi connectivity index (χ3v) is 5.00. The number of nitrogens with one attached hydrogen (secondary N) is 2. The van der Waals surface area contributed by atoms with Crippen molar-refractivity contribution in [2.75, 3.05) is 46.3 Å². The Morgan fingerprint density at radius 3 is 2.59 bits per heavy atom. The summed E-state index contributed by atoms with van der Waals surface area (Å²) in [5.74, 6) is 0.851. The van der Waals surface area contributed by atoms with Gasteiger partial charge in [0.2, 0.25) is 0 Å². The molecule has 1 aromatic rings. The first kappa shape index (κ1) is 22.1. The van der Waals surface area contributed by atoms with Crippen LogP contribution >= 0.6 is 24.0 Å². The summed E-state index contributed by atoms with van der Waals surface area (Å²) >= 11 is 0. The van der Waals surface area contributed by atoms with Gasteiger partial charge in [0.1, 0.15) is 5.75 Å². The lowest BCUT2D eigenvalue weighted by Crippen LogP contribution is -2.63. The molecule has 2 N–H and O–H groups in total. The predicted molar refractivity (Wildman–Crippen MR) is 113 cm³/mol. The molecule has 6 nitrogen and oxygen atoms in total. The third kappa shape index (κ3) is 6.15. The summed E-state index contributed by atoms with van der Waals surface area (Å²) in [4.78, 5) is 9.23. The summed E-state index contributed by atoms with van der Waals surface area (Å²) in [6.45, 7) is 5.90. The lowest BCUT2D eigenvalue weighted by atomic mass is 10.1. The summed E-state index contributed by atoms with van der Waals surface area (Å²) in [7, 11) is 1.71. The van der Waals surface area contributed by atoms with E-state index in [0.717, 1.165) is 44.8 Å². The minimum atomic E-state index is -2.83. The van der Waals surface area contributed by atoms with Crippen LogP contribution in [0.25, 0.3) is 0 Å². The van der Waals surface area contributed by atoms with E-state index in [4.69, 9.17) is 0 Å². The average Bonchev–Trinajstić information content (AvgIpc) is 2.64. The first-order chi connectivity index (χ1) is 12.5. The quantitative estimate of drug-likeness (QED) is 0.359. The molecular weight excluding hydrogens is 467 g/mol. The summed E-state index contributed by atoms with van der Waals surface area (Å²) in [5, 5.41) is 6.54. The van der Waals surface area contributed by atoms with Gasteiger partial charge in [0.05, 0.1) is 0 Å². The lowest BCUT2D eigenvalue weighted by molar-refractivity contribution is -0.0504. The fraction of sp³-hybridized carbons (Fsp3) is 0.611. The molecule has 1 unspecified atom stereocenters. The summed E-state index contributed by atoms with van der Waals surface area (Å²) in [6.07, 6.45) is 0. The van der Waals surface area contributed by atoms with Gasteiger partial charge in [-0.2, -0.15) is 8.78 Å². The van der Waals surface area contributed by atoms with E-state index in [9.17, 15) is 8.78 Å². The fourth-order valence-electron chi connectivity index (χ4n) is 3.59. The predicted octanol–water partition coefficient (Wildman–Crippen LogP) is 1.88. The van der Waals surface area contributed by atoms with Crippen LogP contribution in [0.5, 0.6) is 5.75 Å². The van der Waals surface area contributed by atoms with Gasteiger partial charge in [-0.3, -0.25) is 14.8 Å². The molecule has 0 aliphatic carbocycles. The van der Waals surface area contributed by atoms with Crippen molar-refractivity contribution in [3.05, 3.63) is 29.3 Å². The highest BCUT2D eigenvalue weighted by Crippen LogP contribution is 2.22. The Balaban J connectivity index is 0.00000261. The molecule has 1 atom stereocenters. The van der Waals surface area contributed by atoms with Crippen LogP contribution in [0, 0.1) is 6.92 Å². The van der Waals surface area contributed by atoms with Gasteiger partial charge in [-0.25, -0.2) is 0 Å². The van der Waals surface area contributed by atoms with Crippen LogP contribution in [0.4, 0.5) is 8.78 Å². The molecule has 3 heterocycles. The van der Waals surface area contributed by atoms with Crippen molar-refractivity contribution in [1.82, 2.24) is 20.4 Å². The van der Waals surface area contributed by atoms with E-state index in [1.807, 2.05) is 13.0 Å². The second-order valence-corrected chi connectivity index (χ2v) is 6.79. The number of nitrogens with zero attached hydrogens (tertiary/aromatic N) is 3. The fourth-order valence-corrected chi connectivity index (χ4v) is 3.59. The molecule has 0 saturated carbocycles. The van der Waals surface area contributed by atoms with E-state index in [2.05, 4.69) is 30.2 Å². The number of piperazine rings is 3. The topological polar surface area (TPSA) is 52.1 Å². The van der Waals surface area contributed by atoms with Gasteiger partial charge in [0.25, 0.3) is 0 Å². The number of alkyl halides is 2. The largest absolute Gasteiger partial charge is 0.434 e. The lowest BCUT2D eigenvalue weighted by Gasteiger charge is -2.47. The highest BCUT2D eigenvalue weighted by atomic mass is 127. The Kier molecular flexibility index (Phi) is 8.49. The second kappa shape index (κ2) is 10.4. The number of aliphatic imine (C=N–C) groups is 1. The molecule has 27 heavy (non-hydrogen) atoms. The number of benzene rings is 1. The highest BCUT2D eigenvalue weighted by Gasteiger charge is 2.31. The van der Waals surface area contributed by atoms with Gasteiger partial charge in [-0.1, -0.05) is 17.7 Å². The molecule has 4 rings (SSSR count). The van der Waals surface area contributed by atoms with Crippen LogP contribution in [0.3, 0.4) is 0 Å². The molecule has 0 amide bonds. The summed E-state index contributed by atoms with van der Waals surface area (Å²) < 4.78 is 29.8. The molecular formula is C18H28F2IN5O. The van der Waals surface area contributed by atoms with E-state index in [-0.39, 0.29) is 29.7 Å². The zero-order chi connectivity index (χ0) is 18.5. The molecule has 0 spiro atoms. The number of halogens is 3. The van der Waals surface area contributed by atoms with Crippen LogP contribution in [0.1, 0.15) is 11.1 Å². The monoisotopic (exact) mass is 495 g/mol. The number of hydrogen-bond acceptors (Lipinski definition) is 4. The van der Waals surface area contributed by atoms with E-state index in [1.54, 1.807) is 19.2 Å². The van der Waals surface area contributed by atoms with Gasteiger partial charge in [-0.05, 0) is 13.0 Å². The zero-order valence-electron chi connectivity index (χ0n) is 15.8. The maximum Gasteiger partial charge on any atom is 0.387 e. The number of rotatable bonds is 6. The average molecular weight is 495 g/mol. The number of ether oxygens (including phenoxy) is 1. The maximum absolute atomic E-state index is 12.6. The van der Waals surface area contributed by atoms with Crippen molar-refractivity contribution in [3.8, 4) is 5.75 Å². The Labute approximate surface area is 176 Å².